The van der Waals surface area contributed by atoms with E-state index in [0.29, 0.717) is 34.3 Å². The fourth-order valence-corrected chi connectivity index (χ4v) is 3.83. The Morgan fingerprint density at radius 3 is 2.59 bits per heavy atom. The van der Waals surface area contributed by atoms with Gasteiger partial charge in [0, 0.05) is 5.39 Å². The molecule has 1 aliphatic rings. The molecule has 3 aromatic rings. The zero-order valence-electron chi connectivity index (χ0n) is 19.1. The number of aryl methyl sites for hydroxylation is 1. The van der Waals surface area contributed by atoms with Crippen LogP contribution in [0.25, 0.3) is 22.4 Å². The van der Waals surface area contributed by atoms with Gasteiger partial charge in [-0.2, -0.15) is 0 Å². The predicted octanol–water partition coefficient (Wildman–Crippen LogP) is 3.87. The first-order chi connectivity index (χ1) is 16.4. The van der Waals surface area contributed by atoms with Gasteiger partial charge in [-0.15, -0.1) is 0 Å². The molecule has 0 saturated heterocycles. The van der Waals surface area contributed by atoms with Crippen LogP contribution >= 0.6 is 0 Å². The maximum atomic E-state index is 13.2. The summed E-state index contributed by atoms with van der Waals surface area (Å²) in [5.74, 6) is 0.0538. The molecule has 176 valence electrons. The summed E-state index contributed by atoms with van der Waals surface area (Å²) < 4.78 is 16.4. The number of nitrogens with one attached hydrogen (secondary N) is 2. The number of urea groups is 1. The summed E-state index contributed by atoms with van der Waals surface area (Å²) in [5, 5.41) is 5.88. The minimum Gasteiger partial charge on any atom is -0.463 e. The van der Waals surface area contributed by atoms with E-state index in [1.807, 2.05) is 26.0 Å². The molecule has 2 aromatic heterocycles. The van der Waals surface area contributed by atoms with Gasteiger partial charge in [-0.3, -0.25) is 0 Å². The molecule has 4 rings (SSSR count). The van der Waals surface area contributed by atoms with Crippen molar-refractivity contribution in [3.8, 4) is 11.5 Å². The van der Waals surface area contributed by atoms with Crippen molar-refractivity contribution in [1.29, 1.82) is 0 Å². The van der Waals surface area contributed by atoms with Gasteiger partial charge in [0.25, 0.3) is 0 Å². The summed E-state index contributed by atoms with van der Waals surface area (Å²) in [5.41, 5.74) is 1.83. The summed E-state index contributed by atoms with van der Waals surface area (Å²) in [6, 6.07) is 11.4. The van der Waals surface area contributed by atoms with E-state index in [0.717, 1.165) is 5.76 Å². The Kier molecular flexibility index (Phi) is 6.62. The first-order valence-corrected chi connectivity index (χ1v) is 11.0. The van der Waals surface area contributed by atoms with Crippen molar-refractivity contribution < 1.29 is 28.3 Å². The van der Waals surface area contributed by atoms with Crippen LogP contribution in [-0.2, 0) is 14.3 Å². The molecule has 0 saturated carbocycles. The Labute approximate surface area is 196 Å². The summed E-state index contributed by atoms with van der Waals surface area (Å²) in [6.45, 7) is 5.23. The molecule has 34 heavy (non-hydrogen) atoms. The number of benzene rings is 1. The van der Waals surface area contributed by atoms with Crippen molar-refractivity contribution in [2.75, 3.05) is 13.2 Å². The maximum Gasteiger partial charge on any atom is 0.339 e. The summed E-state index contributed by atoms with van der Waals surface area (Å²) >= 11 is 0. The quantitative estimate of drug-likeness (QED) is 0.511. The molecule has 0 unspecified atom stereocenters. The molecule has 0 aliphatic carbocycles. The number of furan rings is 1. The first-order valence-electron chi connectivity index (χ1n) is 11.0. The van der Waals surface area contributed by atoms with Gasteiger partial charge < -0.3 is 24.5 Å². The number of fused-ring (bicyclic) bond motifs is 1. The van der Waals surface area contributed by atoms with Gasteiger partial charge in [-0.1, -0.05) is 25.1 Å². The van der Waals surface area contributed by atoms with E-state index >= 15 is 0 Å². The average Bonchev–Trinajstić information content (AvgIpc) is 3.27. The Morgan fingerprint density at radius 1 is 1.09 bits per heavy atom. The molecule has 2 N–H and O–H groups in total. The van der Waals surface area contributed by atoms with Gasteiger partial charge in [-0.05, 0) is 44.5 Å². The lowest BCUT2D eigenvalue weighted by molar-refractivity contribution is -0.139. The van der Waals surface area contributed by atoms with Gasteiger partial charge in [0.1, 0.15) is 18.1 Å². The van der Waals surface area contributed by atoms with Gasteiger partial charge in [0.05, 0.1) is 35.0 Å². The number of nitrogens with zero attached hydrogens (tertiary/aromatic N) is 1. The number of hydrogen-bond acceptors (Lipinski definition) is 7. The zero-order valence-corrected chi connectivity index (χ0v) is 19.1. The minimum absolute atomic E-state index is 0.178. The standard InChI is InChI=1S/C25H25N3O6/c1-4-17-22(24(30)32-5-2)20(28-25(31)27-17)13-33-23(29)16-12-19(21-11-10-14(3)34-21)26-18-9-7-6-8-15(16)18/h6-12,17H,4-5,13H2,1-3H3,(H2,27,28,31)/t17-/m0/s1. The molecule has 2 amide bonds. The van der Waals surface area contributed by atoms with Crippen molar-refractivity contribution >= 4 is 28.9 Å². The number of esters is 2. The van der Waals surface area contributed by atoms with Crippen LogP contribution in [0.1, 0.15) is 36.4 Å². The van der Waals surface area contributed by atoms with Gasteiger partial charge in [0.2, 0.25) is 0 Å². The fraction of sp³-hybridized carbons (Fsp3) is 0.280. The Morgan fingerprint density at radius 2 is 1.88 bits per heavy atom. The number of ether oxygens (including phenoxy) is 2. The highest BCUT2D eigenvalue weighted by Gasteiger charge is 2.32. The molecule has 9 heteroatoms. The van der Waals surface area contributed by atoms with E-state index < -0.39 is 24.0 Å². The number of carbonyl (C=O) groups is 3. The lowest BCUT2D eigenvalue weighted by Gasteiger charge is -2.28. The number of hydrogen-bond donors (Lipinski definition) is 2. The molecule has 0 bridgehead atoms. The number of rotatable bonds is 7. The number of para-hydroxylation sites is 1. The second-order valence-corrected chi connectivity index (χ2v) is 7.73. The van der Waals surface area contributed by atoms with Crippen LogP contribution in [0.5, 0.6) is 0 Å². The number of amides is 2. The summed E-state index contributed by atoms with van der Waals surface area (Å²) in [6.07, 6.45) is 0.472. The SMILES string of the molecule is CCOC(=O)C1=C(COC(=O)c2cc(-c3ccc(C)o3)nc3ccccc23)NC(=O)N[C@H]1CC. The first kappa shape index (κ1) is 23.0. The Balaban J connectivity index is 1.67. The van der Waals surface area contributed by atoms with Gasteiger partial charge >= 0.3 is 18.0 Å². The largest absolute Gasteiger partial charge is 0.463 e. The van der Waals surface area contributed by atoms with E-state index in [1.54, 1.807) is 37.3 Å². The van der Waals surface area contributed by atoms with E-state index in [2.05, 4.69) is 15.6 Å². The van der Waals surface area contributed by atoms with E-state index in [9.17, 15) is 14.4 Å². The zero-order chi connectivity index (χ0) is 24.2. The van der Waals surface area contributed by atoms with Gasteiger partial charge in [0.15, 0.2) is 5.76 Å². The van der Waals surface area contributed by atoms with E-state index in [-0.39, 0.29) is 24.5 Å². The van der Waals surface area contributed by atoms with Crippen molar-refractivity contribution in [2.45, 2.75) is 33.2 Å². The highest BCUT2D eigenvalue weighted by Crippen LogP contribution is 2.27. The second-order valence-electron chi connectivity index (χ2n) is 7.73. The molecule has 9 nitrogen and oxygen atoms in total. The number of pyridine rings is 1. The molecule has 1 aliphatic heterocycles. The normalized spacial score (nSPS) is 15.6. The highest BCUT2D eigenvalue weighted by molar-refractivity contribution is 6.04. The second kappa shape index (κ2) is 9.78. The van der Waals surface area contributed by atoms with Crippen LogP contribution < -0.4 is 10.6 Å². The van der Waals surface area contributed by atoms with E-state index in [1.165, 1.54) is 0 Å². The highest BCUT2D eigenvalue weighted by atomic mass is 16.5. The van der Waals surface area contributed by atoms with Crippen LogP contribution in [0, 0.1) is 6.92 Å². The van der Waals surface area contributed by atoms with Crippen molar-refractivity contribution in [1.82, 2.24) is 15.6 Å². The summed E-state index contributed by atoms with van der Waals surface area (Å²) in [4.78, 5) is 42.4. The molecule has 1 aromatic carbocycles. The summed E-state index contributed by atoms with van der Waals surface area (Å²) in [7, 11) is 0. The molecular formula is C25H25N3O6. The van der Waals surface area contributed by atoms with Crippen LogP contribution in [0.2, 0.25) is 0 Å². The molecule has 0 fully saturated rings. The fourth-order valence-electron chi connectivity index (χ4n) is 3.83. The molecule has 0 spiro atoms. The van der Waals surface area contributed by atoms with Crippen molar-refractivity contribution in [3.05, 3.63) is 65.1 Å². The van der Waals surface area contributed by atoms with Crippen LogP contribution in [0.3, 0.4) is 0 Å². The maximum absolute atomic E-state index is 13.2. The number of carbonyl (C=O) groups excluding carboxylic acids is 3. The molecule has 3 heterocycles. The topological polar surface area (TPSA) is 120 Å². The third kappa shape index (κ3) is 4.63. The molecule has 1 atom stereocenters. The van der Waals surface area contributed by atoms with Crippen LogP contribution in [-0.4, -0.2) is 42.2 Å². The lowest BCUT2D eigenvalue weighted by atomic mass is 10.0. The Bertz CT molecular complexity index is 1290. The van der Waals surface area contributed by atoms with Crippen molar-refractivity contribution in [2.24, 2.45) is 0 Å². The van der Waals surface area contributed by atoms with E-state index in [4.69, 9.17) is 13.9 Å². The third-order valence-corrected chi connectivity index (χ3v) is 5.42. The number of aromatic nitrogens is 1. The Hall–Kier alpha value is -4.14. The molecule has 0 radical (unpaired) electrons. The predicted molar refractivity (Wildman–Crippen MR) is 124 cm³/mol. The average molecular weight is 463 g/mol. The van der Waals surface area contributed by atoms with Crippen molar-refractivity contribution in [3.63, 3.8) is 0 Å². The van der Waals surface area contributed by atoms with Crippen LogP contribution in [0.15, 0.2) is 58.2 Å². The van der Waals surface area contributed by atoms with Crippen LogP contribution in [0.4, 0.5) is 4.79 Å². The smallest absolute Gasteiger partial charge is 0.339 e. The minimum atomic E-state index is -0.625. The lowest BCUT2D eigenvalue weighted by Crippen LogP contribution is -2.51. The third-order valence-electron chi connectivity index (χ3n) is 5.42. The molecular weight excluding hydrogens is 438 g/mol. The monoisotopic (exact) mass is 463 g/mol. The van der Waals surface area contributed by atoms with Gasteiger partial charge in [-0.25, -0.2) is 19.4 Å².